The molecular formula is C15H18N2O4. The van der Waals surface area contributed by atoms with Crippen LogP contribution in [0.25, 0.3) is 0 Å². The molecule has 0 heterocycles. The lowest BCUT2D eigenvalue weighted by molar-refractivity contribution is -0.126. The minimum absolute atomic E-state index is 0.145. The van der Waals surface area contributed by atoms with Gasteiger partial charge in [0, 0.05) is 18.4 Å². The summed E-state index contributed by atoms with van der Waals surface area (Å²) in [5.41, 5.74) is 1.16. The summed E-state index contributed by atoms with van der Waals surface area (Å²) in [6, 6.07) is 6.57. The Hall–Kier alpha value is -2.50. The molecule has 0 aliphatic rings. The minimum atomic E-state index is -0.378. The van der Waals surface area contributed by atoms with Crippen LogP contribution in [0.5, 0.6) is 0 Å². The highest BCUT2D eigenvalue weighted by atomic mass is 16.2. The molecule has 0 atom stereocenters. The van der Waals surface area contributed by atoms with Crippen molar-refractivity contribution in [2.45, 2.75) is 26.7 Å². The summed E-state index contributed by atoms with van der Waals surface area (Å²) in [5.74, 6) is -1.08. The van der Waals surface area contributed by atoms with Gasteiger partial charge in [0.1, 0.15) is 11.6 Å². The third kappa shape index (κ3) is 5.56. The molecule has 2 amide bonds. The average molecular weight is 290 g/mol. The molecule has 1 N–H and O–H groups in total. The highest BCUT2D eigenvalue weighted by Gasteiger charge is 2.13. The largest absolute Gasteiger partial charge is 0.326 e. The number of benzene rings is 1. The van der Waals surface area contributed by atoms with Crippen molar-refractivity contribution >= 4 is 34.8 Å². The van der Waals surface area contributed by atoms with Gasteiger partial charge in [0.15, 0.2) is 0 Å². The molecule has 1 aromatic carbocycles. The molecule has 1 rings (SSSR count). The van der Waals surface area contributed by atoms with Gasteiger partial charge in [0.25, 0.3) is 0 Å². The summed E-state index contributed by atoms with van der Waals surface area (Å²) in [7, 11) is 1.58. The third-order valence-electron chi connectivity index (χ3n) is 2.72. The van der Waals surface area contributed by atoms with E-state index in [1.54, 1.807) is 31.3 Å². The van der Waals surface area contributed by atoms with E-state index in [4.69, 9.17) is 0 Å². The van der Waals surface area contributed by atoms with Crippen LogP contribution in [-0.4, -0.2) is 30.4 Å². The Bertz CT molecular complexity index is 564. The molecule has 6 heteroatoms. The van der Waals surface area contributed by atoms with Gasteiger partial charge in [-0.25, -0.2) is 0 Å². The van der Waals surface area contributed by atoms with Gasteiger partial charge in [-0.05, 0) is 38.1 Å². The Kier molecular flexibility index (Phi) is 5.78. The smallest absolute Gasteiger partial charge is 0.234 e. The molecule has 0 aliphatic carbocycles. The maximum Gasteiger partial charge on any atom is 0.234 e. The van der Waals surface area contributed by atoms with Crippen molar-refractivity contribution in [2.24, 2.45) is 0 Å². The van der Waals surface area contributed by atoms with Gasteiger partial charge < -0.3 is 10.2 Å². The summed E-state index contributed by atoms with van der Waals surface area (Å²) >= 11 is 0. The molecule has 0 aromatic heterocycles. The maximum atomic E-state index is 11.7. The van der Waals surface area contributed by atoms with Gasteiger partial charge in [0.05, 0.1) is 12.8 Å². The molecule has 0 saturated heterocycles. The van der Waals surface area contributed by atoms with Gasteiger partial charge in [-0.2, -0.15) is 0 Å². The third-order valence-corrected chi connectivity index (χ3v) is 2.72. The predicted molar refractivity (Wildman–Crippen MR) is 79.1 cm³/mol. The molecule has 0 fully saturated rings. The quantitative estimate of drug-likeness (QED) is 0.806. The van der Waals surface area contributed by atoms with Crippen molar-refractivity contribution in [1.29, 1.82) is 0 Å². The number of nitrogens with zero attached hydrogens (tertiary/aromatic N) is 1. The summed E-state index contributed by atoms with van der Waals surface area (Å²) in [6.07, 6.45) is -0.313. The number of carbonyl (C=O) groups is 4. The maximum absolute atomic E-state index is 11.7. The summed E-state index contributed by atoms with van der Waals surface area (Å²) in [4.78, 5) is 46.3. The minimum Gasteiger partial charge on any atom is -0.326 e. The van der Waals surface area contributed by atoms with Gasteiger partial charge >= 0.3 is 0 Å². The lowest BCUT2D eigenvalue weighted by atomic mass is 10.2. The second-order valence-electron chi connectivity index (χ2n) is 4.81. The fraction of sp³-hybridized carbons (Fsp3) is 0.333. The molecular weight excluding hydrogens is 272 g/mol. The Balaban J connectivity index is 2.69. The van der Waals surface area contributed by atoms with Crippen molar-refractivity contribution in [3.63, 3.8) is 0 Å². The van der Waals surface area contributed by atoms with Crippen molar-refractivity contribution < 1.29 is 19.2 Å². The number of anilines is 2. The number of ketones is 2. The standard InChI is InChI=1S/C15H18N2O4/c1-10(18)8-14(20)16-12-4-6-13(7-5-12)17(3)15(21)9-11(2)19/h4-7H,8-9H2,1-3H3,(H,16,20). The molecule has 0 radical (unpaired) electrons. The second kappa shape index (κ2) is 7.33. The van der Waals surface area contributed by atoms with E-state index < -0.39 is 0 Å². The van der Waals surface area contributed by atoms with E-state index in [1.165, 1.54) is 18.7 Å². The van der Waals surface area contributed by atoms with Crippen LogP contribution in [-0.2, 0) is 19.2 Å². The Morgan fingerprint density at radius 3 is 1.95 bits per heavy atom. The Morgan fingerprint density at radius 2 is 1.48 bits per heavy atom. The number of hydrogen-bond donors (Lipinski definition) is 1. The summed E-state index contributed by atoms with van der Waals surface area (Å²) in [6.45, 7) is 2.71. The van der Waals surface area contributed by atoms with Crippen LogP contribution < -0.4 is 10.2 Å². The molecule has 0 bridgehead atoms. The molecule has 112 valence electrons. The Labute approximate surface area is 123 Å². The van der Waals surface area contributed by atoms with Gasteiger partial charge in [-0.15, -0.1) is 0 Å². The van der Waals surface area contributed by atoms with E-state index in [2.05, 4.69) is 5.32 Å². The van der Waals surface area contributed by atoms with Crippen LogP contribution in [0.4, 0.5) is 11.4 Å². The van der Waals surface area contributed by atoms with E-state index in [9.17, 15) is 19.2 Å². The molecule has 0 aliphatic heterocycles. The normalized spacial score (nSPS) is 9.86. The lowest BCUT2D eigenvalue weighted by Gasteiger charge is -2.17. The summed E-state index contributed by atoms with van der Waals surface area (Å²) < 4.78 is 0. The molecule has 0 unspecified atom stereocenters. The number of Topliss-reactive ketones (excluding diaryl/α,β-unsaturated/α-hetero) is 2. The molecule has 1 aromatic rings. The van der Waals surface area contributed by atoms with Gasteiger partial charge in [0.2, 0.25) is 11.8 Å². The predicted octanol–water partition coefficient (Wildman–Crippen LogP) is 1.55. The zero-order valence-electron chi connectivity index (χ0n) is 12.3. The highest BCUT2D eigenvalue weighted by Crippen LogP contribution is 2.17. The van der Waals surface area contributed by atoms with Crippen LogP contribution >= 0.6 is 0 Å². The van der Waals surface area contributed by atoms with E-state index in [0.29, 0.717) is 11.4 Å². The van der Waals surface area contributed by atoms with E-state index in [-0.39, 0.29) is 36.2 Å². The van der Waals surface area contributed by atoms with Crippen LogP contribution in [0, 0.1) is 0 Å². The number of hydrogen-bond acceptors (Lipinski definition) is 4. The van der Waals surface area contributed by atoms with Gasteiger partial charge in [-0.3, -0.25) is 19.2 Å². The van der Waals surface area contributed by atoms with Crippen LogP contribution in [0.3, 0.4) is 0 Å². The number of carbonyl (C=O) groups excluding carboxylic acids is 4. The zero-order chi connectivity index (χ0) is 16.0. The Morgan fingerprint density at radius 1 is 0.952 bits per heavy atom. The fourth-order valence-corrected chi connectivity index (χ4v) is 1.68. The molecule has 0 saturated carbocycles. The van der Waals surface area contributed by atoms with Crippen molar-refractivity contribution in [3.05, 3.63) is 24.3 Å². The van der Waals surface area contributed by atoms with E-state index in [0.717, 1.165) is 0 Å². The molecule has 0 spiro atoms. The summed E-state index contributed by atoms with van der Waals surface area (Å²) in [5, 5.41) is 2.58. The monoisotopic (exact) mass is 290 g/mol. The molecule has 21 heavy (non-hydrogen) atoms. The van der Waals surface area contributed by atoms with Crippen LogP contribution in [0.1, 0.15) is 26.7 Å². The van der Waals surface area contributed by atoms with Crippen LogP contribution in [0.15, 0.2) is 24.3 Å². The van der Waals surface area contributed by atoms with E-state index >= 15 is 0 Å². The van der Waals surface area contributed by atoms with Gasteiger partial charge in [-0.1, -0.05) is 0 Å². The van der Waals surface area contributed by atoms with Crippen molar-refractivity contribution in [3.8, 4) is 0 Å². The first-order valence-electron chi connectivity index (χ1n) is 6.45. The van der Waals surface area contributed by atoms with Crippen LogP contribution in [0.2, 0.25) is 0 Å². The van der Waals surface area contributed by atoms with Crippen molar-refractivity contribution in [2.75, 3.05) is 17.3 Å². The number of rotatable bonds is 6. The fourth-order valence-electron chi connectivity index (χ4n) is 1.68. The average Bonchev–Trinajstić information content (AvgIpc) is 2.36. The highest BCUT2D eigenvalue weighted by molar-refractivity contribution is 6.05. The molecule has 6 nitrogen and oxygen atoms in total. The first kappa shape index (κ1) is 16.6. The number of amides is 2. The first-order valence-corrected chi connectivity index (χ1v) is 6.45. The second-order valence-corrected chi connectivity index (χ2v) is 4.81. The van der Waals surface area contributed by atoms with Crippen molar-refractivity contribution in [1.82, 2.24) is 0 Å². The lowest BCUT2D eigenvalue weighted by Crippen LogP contribution is -2.27. The topological polar surface area (TPSA) is 83.6 Å². The number of nitrogens with one attached hydrogen (secondary N) is 1. The first-order chi connectivity index (χ1) is 9.79. The SMILES string of the molecule is CC(=O)CC(=O)Nc1ccc(N(C)C(=O)CC(C)=O)cc1. The van der Waals surface area contributed by atoms with E-state index in [1.807, 2.05) is 0 Å². The zero-order valence-corrected chi connectivity index (χ0v) is 12.3.